The van der Waals surface area contributed by atoms with Crippen LogP contribution < -0.4 is 10.1 Å². The van der Waals surface area contributed by atoms with E-state index in [1.54, 1.807) is 21.0 Å². The third-order valence-corrected chi connectivity index (χ3v) is 4.79. The van der Waals surface area contributed by atoms with Crippen LogP contribution in [0.5, 0.6) is 5.75 Å². The molecule has 1 saturated heterocycles. The Morgan fingerprint density at radius 2 is 2.12 bits per heavy atom. The fourth-order valence-corrected chi connectivity index (χ4v) is 3.49. The van der Waals surface area contributed by atoms with Crippen LogP contribution in [0.25, 0.3) is 0 Å². The minimum atomic E-state index is -0.743. The summed E-state index contributed by atoms with van der Waals surface area (Å²) in [7, 11) is 1.57. The first-order chi connectivity index (χ1) is 12.5. The summed E-state index contributed by atoms with van der Waals surface area (Å²) in [6, 6.07) is 6.62. The van der Waals surface area contributed by atoms with E-state index in [1.165, 1.54) is 22.7 Å². The van der Waals surface area contributed by atoms with Gasteiger partial charge in [-0.2, -0.15) is 0 Å². The highest BCUT2D eigenvalue weighted by Crippen LogP contribution is 2.31. The smallest absolute Gasteiger partial charge is 0.333 e. The largest absolute Gasteiger partial charge is 0.496 e. The number of esters is 1. The molecule has 1 aliphatic heterocycles. The van der Waals surface area contributed by atoms with Gasteiger partial charge in [0.2, 0.25) is 11.8 Å². The number of amides is 2. The van der Waals surface area contributed by atoms with Crippen molar-refractivity contribution < 1.29 is 23.9 Å². The number of ether oxygens (including phenoxy) is 2. The zero-order valence-electron chi connectivity index (χ0n) is 15.0. The second kappa shape index (κ2) is 9.28. The fraction of sp³-hybridized carbons (Fsp3) is 0.389. The second-order valence-electron chi connectivity index (χ2n) is 5.49. The summed E-state index contributed by atoms with van der Waals surface area (Å²) < 4.78 is 10.1. The van der Waals surface area contributed by atoms with Gasteiger partial charge in [-0.15, -0.1) is 0 Å². The van der Waals surface area contributed by atoms with Crippen LogP contribution in [-0.4, -0.2) is 48.2 Å². The van der Waals surface area contributed by atoms with Crippen LogP contribution in [0, 0.1) is 0 Å². The molecule has 0 spiro atoms. The van der Waals surface area contributed by atoms with Crippen LogP contribution in [0.1, 0.15) is 19.4 Å². The highest BCUT2D eigenvalue weighted by Gasteiger charge is 2.34. The number of carbonyl (C=O) groups is 3. The van der Waals surface area contributed by atoms with Crippen molar-refractivity contribution in [3.8, 4) is 5.75 Å². The summed E-state index contributed by atoms with van der Waals surface area (Å²) >= 11 is 1.22. The van der Waals surface area contributed by atoms with Crippen molar-refractivity contribution in [2.45, 2.75) is 26.4 Å². The molecule has 7 nitrogen and oxygen atoms in total. The average Bonchev–Trinajstić information content (AvgIpc) is 2.99. The Balaban J connectivity index is 2.05. The standard InChI is InChI=1S/C18H22N2O5S/c1-4-25-17(22)9-16-20(15(21)11-26-16)12(2)18(23)19-10-13-7-5-6-8-14(13)24-3/h5-9,12H,4,10-11H2,1-3H3,(H,19,23)/b16-9-. The maximum absolute atomic E-state index is 12.5. The van der Waals surface area contributed by atoms with E-state index in [0.29, 0.717) is 10.8 Å². The Hall–Kier alpha value is -2.48. The van der Waals surface area contributed by atoms with Gasteiger partial charge in [-0.05, 0) is 19.9 Å². The molecule has 0 aromatic heterocycles. The van der Waals surface area contributed by atoms with Gasteiger partial charge in [-0.1, -0.05) is 30.0 Å². The SMILES string of the molecule is CCOC(=O)/C=C1\SCC(=O)N1C(C)C(=O)NCc1ccccc1OC. The number of nitrogens with one attached hydrogen (secondary N) is 1. The Labute approximate surface area is 156 Å². The number of hydrogen-bond acceptors (Lipinski definition) is 6. The van der Waals surface area contributed by atoms with Gasteiger partial charge in [0.15, 0.2) is 0 Å². The van der Waals surface area contributed by atoms with E-state index in [1.807, 2.05) is 24.3 Å². The molecular weight excluding hydrogens is 356 g/mol. The number of thioether (sulfide) groups is 1. The maximum Gasteiger partial charge on any atom is 0.333 e. The van der Waals surface area contributed by atoms with Crippen molar-refractivity contribution in [2.75, 3.05) is 19.5 Å². The molecule has 1 heterocycles. The molecular formula is C18H22N2O5S. The Morgan fingerprint density at radius 3 is 2.81 bits per heavy atom. The van der Waals surface area contributed by atoms with E-state index in [2.05, 4.69) is 5.32 Å². The van der Waals surface area contributed by atoms with Crippen LogP contribution in [0.3, 0.4) is 0 Å². The van der Waals surface area contributed by atoms with Crippen molar-refractivity contribution in [3.63, 3.8) is 0 Å². The van der Waals surface area contributed by atoms with Crippen molar-refractivity contribution >= 4 is 29.5 Å². The van der Waals surface area contributed by atoms with Crippen LogP contribution in [0.2, 0.25) is 0 Å². The number of hydrogen-bond donors (Lipinski definition) is 1. The summed E-state index contributed by atoms with van der Waals surface area (Å²) in [4.78, 5) is 37.7. The normalized spacial score (nSPS) is 16.5. The molecule has 1 aliphatic rings. The number of nitrogens with zero attached hydrogens (tertiary/aromatic N) is 1. The predicted molar refractivity (Wildman–Crippen MR) is 98.3 cm³/mol. The van der Waals surface area contributed by atoms with Crippen molar-refractivity contribution in [1.29, 1.82) is 0 Å². The number of methoxy groups -OCH3 is 1. The van der Waals surface area contributed by atoms with Gasteiger partial charge in [0.1, 0.15) is 11.8 Å². The molecule has 2 amide bonds. The van der Waals surface area contributed by atoms with Crippen LogP contribution in [0.4, 0.5) is 0 Å². The van der Waals surface area contributed by atoms with E-state index in [-0.39, 0.29) is 30.7 Å². The third-order valence-electron chi connectivity index (χ3n) is 3.79. The zero-order chi connectivity index (χ0) is 19.1. The van der Waals surface area contributed by atoms with Crippen molar-refractivity contribution in [2.24, 2.45) is 0 Å². The molecule has 26 heavy (non-hydrogen) atoms. The molecule has 0 radical (unpaired) electrons. The highest BCUT2D eigenvalue weighted by molar-refractivity contribution is 8.04. The molecule has 0 saturated carbocycles. The lowest BCUT2D eigenvalue weighted by molar-refractivity contribution is -0.137. The monoisotopic (exact) mass is 378 g/mol. The summed E-state index contributed by atoms with van der Waals surface area (Å²) in [6.45, 7) is 3.85. The molecule has 140 valence electrons. The molecule has 1 fully saturated rings. The first-order valence-corrected chi connectivity index (χ1v) is 9.19. The molecule has 1 atom stereocenters. The molecule has 1 N–H and O–H groups in total. The van der Waals surface area contributed by atoms with E-state index < -0.39 is 12.0 Å². The lowest BCUT2D eigenvalue weighted by Gasteiger charge is -2.24. The van der Waals surface area contributed by atoms with Crippen LogP contribution in [0.15, 0.2) is 35.4 Å². The van der Waals surface area contributed by atoms with Crippen molar-refractivity contribution in [1.82, 2.24) is 10.2 Å². The van der Waals surface area contributed by atoms with Crippen molar-refractivity contribution in [3.05, 3.63) is 40.9 Å². The fourth-order valence-electron chi connectivity index (χ4n) is 2.50. The predicted octanol–water partition coefficient (Wildman–Crippen LogP) is 1.68. The first kappa shape index (κ1) is 19.8. The third kappa shape index (κ3) is 4.78. The van der Waals surface area contributed by atoms with Crippen LogP contribution >= 0.6 is 11.8 Å². The number of para-hydroxylation sites is 1. The first-order valence-electron chi connectivity index (χ1n) is 8.20. The van der Waals surface area contributed by atoms with Gasteiger partial charge in [0.25, 0.3) is 0 Å². The lowest BCUT2D eigenvalue weighted by atomic mass is 10.2. The van der Waals surface area contributed by atoms with E-state index in [0.717, 1.165) is 5.56 Å². The average molecular weight is 378 g/mol. The minimum absolute atomic E-state index is 0.190. The molecule has 2 rings (SSSR count). The molecule has 8 heteroatoms. The second-order valence-corrected chi connectivity index (χ2v) is 6.49. The summed E-state index contributed by atoms with van der Waals surface area (Å²) in [5.74, 6) is -0.200. The van der Waals surface area contributed by atoms with Gasteiger partial charge < -0.3 is 14.8 Å². The molecule has 0 bridgehead atoms. The lowest BCUT2D eigenvalue weighted by Crippen LogP contribution is -2.45. The summed E-state index contributed by atoms with van der Waals surface area (Å²) in [5, 5.41) is 3.23. The van der Waals surface area contributed by atoms with Gasteiger partial charge >= 0.3 is 5.97 Å². The Kier molecular flexibility index (Phi) is 7.08. The zero-order valence-corrected chi connectivity index (χ0v) is 15.8. The number of carbonyl (C=O) groups excluding carboxylic acids is 3. The minimum Gasteiger partial charge on any atom is -0.496 e. The van der Waals surface area contributed by atoms with Gasteiger partial charge in [-0.3, -0.25) is 14.5 Å². The molecule has 1 unspecified atom stereocenters. The molecule has 1 aromatic carbocycles. The Bertz CT molecular complexity index is 719. The van der Waals surface area contributed by atoms with Gasteiger partial charge in [0.05, 0.1) is 30.6 Å². The van der Waals surface area contributed by atoms with E-state index in [4.69, 9.17) is 9.47 Å². The maximum atomic E-state index is 12.5. The van der Waals surface area contributed by atoms with E-state index in [9.17, 15) is 14.4 Å². The quantitative estimate of drug-likeness (QED) is 0.574. The van der Waals surface area contributed by atoms with Gasteiger partial charge in [0, 0.05) is 12.1 Å². The number of benzene rings is 1. The summed E-state index contributed by atoms with van der Waals surface area (Å²) in [5.41, 5.74) is 0.833. The van der Waals surface area contributed by atoms with Gasteiger partial charge in [-0.25, -0.2) is 4.79 Å². The molecule has 0 aliphatic carbocycles. The highest BCUT2D eigenvalue weighted by atomic mass is 32.2. The van der Waals surface area contributed by atoms with E-state index >= 15 is 0 Å². The van der Waals surface area contributed by atoms with Crippen LogP contribution in [-0.2, 0) is 25.7 Å². The summed E-state index contributed by atoms with van der Waals surface area (Å²) in [6.07, 6.45) is 1.25. The number of rotatable bonds is 7. The Morgan fingerprint density at radius 1 is 1.38 bits per heavy atom. The molecule has 1 aromatic rings. The topological polar surface area (TPSA) is 84.9 Å².